The number of nitriles is 1. The molecule has 0 atom stereocenters. The van der Waals surface area contributed by atoms with Crippen LogP contribution in [0, 0.1) is 11.3 Å². The topological polar surface area (TPSA) is 58.7 Å². The van der Waals surface area contributed by atoms with Gasteiger partial charge in [0.15, 0.2) is 0 Å². The van der Waals surface area contributed by atoms with Crippen LogP contribution in [0.25, 0.3) is 22.4 Å². The fourth-order valence-electron chi connectivity index (χ4n) is 2.01. The van der Waals surface area contributed by atoms with Gasteiger partial charge in [0.05, 0.1) is 21.5 Å². The molecular weight excluding hydrogens is 282 g/mol. The average molecular weight is 293 g/mol. The number of rotatable bonds is 2. The first-order valence-electron chi connectivity index (χ1n) is 6.31. The summed E-state index contributed by atoms with van der Waals surface area (Å²) >= 11 is 1.24. The van der Waals surface area contributed by atoms with E-state index < -0.39 is 0 Å². The summed E-state index contributed by atoms with van der Waals surface area (Å²) in [5, 5.41) is 8.73. The van der Waals surface area contributed by atoms with E-state index in [0.29, 0.717) is 5.56 Å². The summed E-state index contributed by atoms with van der Waals surface area (Å²) in [4.78, 5) is 15.8. The predicted molar refractivity (Wildman–Crippen MR) is 84.9 cm³/mol. The van der Waals surface area contributed by atoms with Crippen molar-refractivity contribution in [1.29, 1.82) is 5.26 Å². The molecule has 0 amide bonds. The zero-order valence-corrected chi connectivity index (χ0v) is 12.1. The van der Waals surface area contributed by atoms with E-state index in [-0.39, 0.29) is 4.87 Å². The van der Waals surface area contributed by atoms with Crippen molar-refractivity contribution < 1.29 is 0 Å². The lowest BCUT2D eigenvalue weighted by Crippen LogP contribution is -2.06. The van der Waals surface area contributed by atoms with Crippen molar-refractivity contribution in [3.8, 4) is 6.07 Å². The standard InChI is InChI=1S/C16H11N3OS/c1-19-14-7-4-11(8-15(14)21-16(19)20)2-5-13-6-3-12(9-17)10-18-13/h2-8,10H,1H3. The number of pyridine rings is 1. The Hall–Kier alpha value is -2.71. The molecule has 0 radical (unpaired) electrons. The van der Waals surface area contributed by atoms with Crippen LogP contribution >= 0.6 is 11.3 Å². The first-order valence-corrected chi connectivity index (χ1v) is 7.13. The van der Waals surface area contributed by atoms with Crippen LogP contribution in [0.5, 0.6) is 0 Å². The van der Waals surface area contributed by atoms with Gasteiger partial charge in [-0.25, -0.2) is 0 Å². The maximum Gasteiger partial charge on any atom is 0.307 e. The van der Waals surface area contributed by atoms with Crippen LogP contribution in [-0.2, 0) is 7.05 Å². The van der Waals surface area contributed by atoms with E-state index in [2.05, 4.69) is 4.98 Å². The summed E-state index contributed by atoms with van der Waals surface area (Å²) in [5.74, 6) is 0. The van der Waals surface area contributed by atoms with Gasteiger partial charge in [0.25, 0.3) is 0 Å². The van der Waals surface area contributed by atoms with Gasteiger partial charge in [0.2, 0.25) is 0 Å². The van der Waals surface area contributed by atoms with Gasteiger partial charge in [-0.2, -0.15) is 5.26 Å². The van der Waals surface area contributed by atoms with Crippen molar-refractivity contribution in [2.24, 2.45) is 7.05 Å². The molecule has 0 bridgehead atoms. The fraction of sp³-hybridized carbons (Fsp3) is 0.0625. The van der Waals surface area contributed by atoms with E-state index in [4.69, 9.17) is 5.26 Å². The molecule has 1 aromatic carbocycles. The molecule has 0 aliphatic rings. The quantitative estimate of drug-likeness (QED) is 0.729. The highest BCUT2D eigenvalue weighted by molar-refractivity contribution is 7.16. The van der Waals surface area contributed by atoms with E-state index in [1.165, 1.54) is 11.3 Å². The molecule has 2 aromatic heterocycles. The third kappa shape index (κ3) is 2.62. The van der Waals surface area contributed by atoms with Crippen molar-refractivity contribution in [2.45, 2.75) is 0 Å². The molecule has 0 spiro atoms. The Bertz CT molecular complexity index is 927. The Kier molecular flexibility index (Phi) is 3.38. The van der Waals surface area contributed by atoms with E-state index in [1.807, 2.05) is 36.4 Å². The average Bonchev–Trinajstić information content (AvgIpc) is 2.80. The second kappa shape index (κ2) is 5.35. The molecule has 21 heavy (non-hydrogen) atoms. The maximum atomic E-state index is 11.6. The largest absolute Gasteiger partial charge is 0.307 e. The summed E-state index contributed by atoms with van der Waals surface area (Å²) in [6.07, 6.45) is 5.37. The van der Waals surface area contributed by atoms with Crippen molar-refractivity contribution >= 4 is 33.7 Å². The summed E-state index contributed by atoms with van der Waals surface area (Å²) in [6, 6.07) is 11.5. The second-order valence-corrected chi connectivity index (χ2v) is 5.56. The number of aryl methyl sites for hydroxylation is 1. The molecule has 0 N–H and O–H groups in total. The number of nitrogens with zero attached hydrogens (tertiary/aromatic N) is 3. The van der Waals surface area contributed by atoms with Gasteiger partial charge in [-0.1, -0.05) is 23.5 Å². The first-order chi connectivity index (χ1) is 10.2. The second-order valence-electron chi connectivity index (χ2n) is 4.57. The third-order valence-corrected chi connectivity index (χ3v) is 4.17. The van der Waals surface area contributed by atoms with Crippen molar-refractivity contribution in [1.82, 2.24) is 9.55 Å². The van der Waals surface area contributed by atoms with Gasteiger partial charge in [0.1, 0.15) is 6.07 Å². The fourth-order valence-corrected chi connectivity index (χ4v) is 2.93. The lowest BCUT2D eigenvalue weighted by Gasteiger charge is -1.97. The van der Waals surface area contributed by atoms with E-state index in [1.54, 1.807) is 29.9 Å². The monoisotopic (exact) mass is 293 g/mol. The Balaban J connectivity index is 1.92. The zero-order chi connectivity index (χ0) is 14.8. The van der Waals surface area contributed by atoms with E-state index >= 15 is 0 Å². The number of fused-ring (bicyclic) bond motifs is 1. The third-order valence-electron chi connectivity index (χ3n) is 3.18. The molecule has 3 rings (SSSR count). The van der Waals surface area contributed by atoms with Crippen LogP contribution in [0.3, 0.4) is 0 Å². The SMILES string of the molecule is Cn1c(=O)sc2cc(C=Cc3ccc(C#N)cn3)ccc21. The van der Waals surface area contributed by atoms with Gasteiger partial charge in [-0.15, -0.1) is 0 Å². The van der Waals surface area contributed by atoms with E-state index in [0.717, 1.165) is 21.5 Å². The zero-order valence-electron chi connectivity index (χ0n) is 11.3. The number of benzene rings is 1. The van der Waals surface area contributed by atoms with Crippen LogP contribution in [0.15, 0.2) is 41.3 Å². The van der Waals surface area contributed by atoms with Gasteiger partial charge >= 0.3 is 4.87 Å². The van der Waals surface area contributed by atoms with Crippen LogP contribution in [-0.4, -0.2) is 9.55 Å². The molecule has 0 saturated carbocycles. The van der Waals surface area contributed by atoms with Crippen molar-refractivity contribution in [3.63, 3.8) is 0 Å². The molecule has 102 valence electrons. The lowest BCUT2D eigenvalue weighted by atomic mass is 10.2. The van der Waals surface area contributed by atoms with E-state index in [9.17, 15) is 4.79 Å². The molecule has 0 fully saturated rings. The molecule has 2 heterocycles. The molecule has 0 aliphatic carbocycles. The van der Waals surface area contributed by atoms with Crippen LogP contribution in [0.1, 0.15) is 16.8 Å². The summed E-state index contributed by atoms with van der Waals surface area (Å²) in [5.41, 5.74) is 3.28. The highest BCUT2D eigenvalue weighted by Gasteiger charge is 2.03. The Morgan fingerprint density at radius 3 is 2.86 bits per heavy atom. The summed E-state index contributed by atoms with van der Waals surface area (Å²) in [6.45, 7) is 0. The minimum atomic E-state index is 0.0416. The minimum Gasteiger partial charge on any atom is -0.302 e. The Morgan fingerprint density at radius 1 is 1.29 bits per heavy atom. The number of hydrogen-bond donors (Lipinski definition) is 0. The Morgan fingerprint density at radius 2 is 2.14 bits per heavy atom. The summed E-state index contributed by atoms with van der Waals surface area (Å²) in [7, 11) is 1.78. The predicted octanol–water partition coefficient (Wildman–Crippen LogP) is 3.04. The number of thiazole rings is 1. The Labute approximate surface area is 125 Å². The molecule has 5 heteroatoms. The van der Waals surface area contributed by atoms with Gasteiger partial charge in [-0.05, 0) is 35.9 Å². The minimum absolute atomic E-state index is 0.0416. The maximum absolute atomic E-state index is 11.6. The van der Waals surface area contributed by atoms with Crippen LogP contribution < -0.4 is 4.87 Å². The molecule has 0 saturated heterocycles. The molecule has 0 aliphatic heterocycles. The molecule has 0 unspecified atom stereocenters. The highest BCUT2D eigenvalue weighted by atomic mass is 32.1. The van der Waals surface area contributed by atoms with Crippen molar-refractivity contribution in [2.75, 3.05) is 0 Å². The molecule has 3 aromatic rings. The lowest BCUT2D eigenvalue weighted by molar-refractivity contribution is 0.939. The van der Waals surface area contributed by atoms with Crippen LogP contribution in [0.4, 0.5) is 0 Å². The first kappa shape index (κ1) is 13.3. The molecule has 4 nitrogen and oxygen atoms in total. The van der Waals surface area contributed by atoms with Gasteiger partial charge in [0, 0.05) is 13.2 Å². The normalized spacial score (nSPS) is 11.0. The smallest absolute Gasteiger partial charge is 0.302 e. The van der Waals surface area contributed by atoms with Gasteiger partial charge < -0.3 is 4.57 Å². The van der Waals surface area contributed by atoms with Crippen molar-refractivity contribution in [3.05, 3.63) is 63.0 Å². The van der Waals surface area contributed by atoms with Gasteiger partial charge in [-0.3, -0.25) is 9.78 Å². The summed E-state index contributed by atoms with van der Waals surface area (Å²) < 4.78 is 2.62. The number of aromatic nitrogens is 2. The molecular formula is C16H11N3OS. The highest BCUT2D eigenvalue weighted by Crippen LogP contribution is 2.19. The number of hydrogen-bond acceptors (Lipinski definition) is 4. The van der Waals surface area contributed by atoms with Crippen LogP contribution in [0.2, 0.25) is 0 Å².